The molecule has 9 heteroatoms. The summed E-state index contributed by atoms with van der Waals surface area (Å²) >= 11 is 0. The molecule has 1 rings (SSSR count). The van der Waals surface area contributed by atoms with Crippen LogP contribution in [0, 0.1) is 5.92 Å². The van der Waals surface area contributed by atoms with Crippen LogP contribution in [0.15, 0.2) is 0 Å². The predicted molar refractivity (Wildman–Crippen MR) is 68.4 cm³/mol. The maximum Gasteiger partial charge on any atom is 0.305 e. The third kappa shape index (κ3) is 5.32. The van der Waals surface area contributed by atoms with Crippen molar-refractivity contribution in [1.82, 2.24) is 0 Å². The standard InChI is InChI=1S/C13H18O9/c1-6(14)20-11-9(4-10(17)18)5-19-13(22-8(3)16)12(11)21-7(2)15/h9,11-13H,4-5H2,1-3H3,(H,17,18)/t9-,11-,12+,13-/m0/s1. The molecule has 0 aromatic rings. The fourth-order valence-corrected chi connectivity index (χ4v) is 2.16. The van der Waals surface area contributed by atoms with E-state index in [2.05, 4.69) is 0 Å². The number of hydrogen-bond acceptors (Lipinski definition) is 8. The van der Waals surface area contributed by atoms with Gasteiger partial charge in [-0.2, -0.15) is 0 Å². The summed E-state index contributed by atoms with van der Waals surface area (Å²) in [5, 5.41) is 8.91. The van der Waals surface area contributed by atoms with Crippen molar-refractivity contribution in [2.24, 2.45) is 5.92 Å². The largest absolute Gasteiger partial charge is 0.481 e. The van der Waals surface area contributed by atoms with Crippen LogP contribution in [-0.4, -0.2) is 54.1 Å². The quantitative estimate of drug-likeness (QED) is 0.544. The van der Waals surface area contributed by atoms with E-state index in [-0.39, 0.29) is 13.0 Å². The van der Waals surface area contributed by atoms with Gasteiger partial charge in [0.1, 0.15) is 0 Å². The molecule has 1 heterocycles. The normalized spacial score (nSPS) is 27.6. The first-order chi connectivity index (χ1) is 10.2. The number of carboxylic acid groups (broad SMARTS) is 1. The topological polar surface area (TPSA) is 125 Å². The first kappa shape index (κ1) is 17.9. The summed E-state index contributed by atoms with van der Waals surface area (Å²) in [6, 6.07) is 0. The minimum atomic E-state index is -1.27. The molecular weight excluding hydrogens is 300 g/mol. The number of hydrogen-bond donors (Lipinski definition) is 1. The molecular formula is C13H18O9. The number of carboxylic acids is 1. The number of carbonyl (C=O) groups is 4. The first-order valence-corrected chi connectivity index (χ1v) is 6.55. The Balaban J connectivity index is 3.03. The second kappa shape index (κ2) is 7.74. The second-order valence-electron chi connectivity index (χ2n) is 4.82. The van der Waals surface area contributed by atoms with E-state index in [0.717, 1.165) is 20.8 Å². The van der Waals surface area contributed by atoms with Crippen LogP contribution < -0.4 is 0 Å². The number of rotatable bonds is 5. The highest BCUT2D eigenvalue weighted by atomic mass is 16.7. The van der Waals surface area contributed by atoms with Gasteiger partial charge in [-0.25, -0.2) is 0 Å². The maximum atomic E-state index is 11.2. The van der Waals surface area contributed by atoms with Gasteiger partial charge in [0.2, 0.25) is 12.4 Å². The summed E-state index contributed by atoms with van der Waals surface area (Å²) in [6.45, 7) is 3.27. The highest BCUT2D eigenvalue weighted by Crippen LogP contribution is 2.29. The second-order valence-corrected chi connectivity index (χ2v) is 4.82. The fraction of sp³-hybridized carbons (Fsp3) is 0.692. The van der Waals surface area contributed by atoms with Crippen molar-refractivity contribution < 1.29 is 43.2 Å². The van der Waals surface area contributed by atoms with Crippen LogP contribution in [0.3, 0.4) is 0 Å². The molecule has 0 unspecified atom stereocenters. The lowest BCUT2D eigenvalue weighted by atomic mass is 9.92. The molecule has 0 aromatic heterocycles. The Morgan fingerprint density at radius 3 is 1.91 bits per heavy atom. The van der Waals surface area contributed by atoms with Crippen LogP contribution in [0.1, 0.15) is 27.2 Å². The molecule has 0 amide bonds. The number of ether oxygens (including phenoxy) is 4. The molecule has 1 saturated heterocycles. The van der Waals surface area contributed by atoms with Gasteiger partial charge >= 0.3 is 23.9 Å². The van der Waals surface area contributed by atoms with Crippen molar-refractivity contribution >= 4 is 23.9 Å². The molecule has 1 N–H and O–H groups in total. The Kier molecular flexibility index (Phi) is 6.29. The van der Waals surface area contributed by atoms with Crippen LogP contribution in [0.4, 0.5) is 0 Å². The summed E-state index contributed by atoms with van der Waals surface area (Å²) in [4.78, 5) is 44.5. The molecule has 0 radical (unpaired) electrons. The van der Waals surface area contributed by atoms with Gasteiger partial charge in [-0.1, -0.05) is 0 Å². The highest BCUT2D eigenvalue weighted by molar-refractivity contribution is 5.69. The minimum Gasteiger partial charge on any atom is -0.481 e. The van der Waals surface area contributed by atoms with E-state index in [1.807, 2.05) is 0 Å². The van der Waals surface area contributed by atoms with Crippen molar-refractivity contribution in [1.29, 1.82) is 0 Å². The van der Waals surface area contributed by atoms with E-state index >= 15 is 0 Å². The molecule has 0 aliphatic carbocycles. The van der Waals surface area contributed by atoms with Gasteiger partial charge in [0.05, 0.1) is 13.0 Å². The summed E-state index contributed by atoms with van der Waals surface area (Å²) < 4.78 is 20.2. The van der Waals surface area contributed by atoms with E-state index in [9.17, 15) is 19.2 Å². The lowest BCUT2D eigenvalue weighted by Crippen LogP contribution is -2.55. The summed E-state index contributed by atoms with van der Waals surface area (Å²) in [5.74, 6) is -3.93. The van der Waals surface area contributed by atoms with E-state index in [1.54, 1.807) is 0 Å². The maximum absolute atomic E-state index is 11.2. The monoisotopic (exact) mass is 318 g/mol. The number of aliphatic carboxylic acids is 1. The molecule has 1 aliphatic rings. The SMILES string of the molecule is CC(=O)O[C@@H]1OC[C@H](CC(=O)O)[C@H](OC(C)=O)[C@H]1OC(C)=O. The van der Waals surface area contributed by atoms with Crippen LogP contribution in [0.25, 0.3) is 0 Å². The summed E-state index contributed by atoms with van der Waals surface area (Å²) in [5.41, 5.74) is 0. The Morgan fingerprint density at radius 1 is 0.955 bits per heavy atom. The zero-order valence-corrected chi connectivity index (χ0v) is 12.4. The van der Waals surface area contributed by atoms with Gasteiger partial charge in [-0.3, -0.25) is 19.2 Å². The third-order valence-electron chi connectivity index (χ3n) is 2.85. The van der Waals surface area contributed by atoms with Crippen molar-refractivity contribution in [2.45, 2.75) is 45.7 Å². The molecule has 0 bridgehead atoms. The zero-order valence-electron chi connectivity index (χ0n) is 12.4. The van der Waals surface area contributed by atoms with Crippen molar-refractivity contribution in [3.05, 3.63) is 0 Å². The molecule has 0 spiro atoms. The number of esters is 3. The van der Waals surface area contributed by atoms with E-state index in [4.69, 9.17) is 24.1 Å². The predicted octanol–water partition coefficient (Wildman–Crippen LogP) is -0.140. The molecule has 4 atom stereocenters. The smallest absolute Gasteiger partial charge is 0.305 e. The Bertz CT molecular complexity index is 416. The van der Waals surface area contributed by atoms with Crippen molar-refractivity contribution in [3.8, 4) is 0 Å². The fourth-order valence-electron chi connectivity index (χ4n) is 2.16. The molecule has 1 aliphatic heterocycles. The van der Waals surface area contributed by atoms with Gasteiger partial charge in [0, 0.05) is 26.7 Å². The molecule has 0 saturated carbocycles. The van der Waals surface area contributed by atoms with E-state index < -0.39 is 48.3 Å². The van der Waals surface area contributed by atoms with Crippen LogP contribution in [0.2, 0.25) is 0 Å². The molecule has 0 aromatic carbocycles. The van der Waals surface area contributed by atoms with E-state index in [1.165, 1.54) is 0 Å². The van der Waals surface area contributed by atoms with Crippen LogP contribution in [0.5, 0.6) is 0 Å². The molecule has 9 nitrogen and oxygen atoms in total. The van der Waals surface area contributed by atoms with Crippen molar-refractivity contribution in [3.63, 3.8) is 0 Å². The molecule has 1 fully saturated rings. The molecule has 22 heavy (non-hydrogen) atoms. The first-order valence-electron chi connectivity index (χ1n) is 6.55. The van der Waals surface area contributed by atoms with Gasteiger partial charge in [0.15, 0.2) is 6.10 Å². The summed E-state index contributed by atoms with van der Waals surface area (Å²) in [7, 11) is 0. The Morgan fingerprint density at radius 2 is 1.45 bits per heavy atom. The Labute approximate surface area is 126 Å². The third-order valence-corrected chi connectivity index (χ3v) is 2.85. The van der Waals surface area contributed by atoms with E-state index in [0.29, 0.717) is 0 Å². The lowest BCUT2D eigenvalue weighted by Gasteiger charge is -2.39. The van der Waals surface area contributed by atoms with Gasteiger partial charge in [-0.15, -0.1) is 0 Å². The minimum absolute atomic E-state index is 0.125. The lowest BCUT2D eigenvalue weighted by molar-refractivity contribution is -0.262. The van der Waals surface area contributed by atoms with Crippen LogP contribution in [-0.2, 0) is 38.1 Å². The van der Waals surface area contributed by atoms with Crippen LogP contribution >= 0.6 is 0 Å². The van der Waals surface area contributed by atoms with Gasteiger partial charge < -0.3 is 24.1 Å². The Hall–Kier alpha value is -2.16. The van der Waals surface area contributed by atoms with Crippen molar-refractivity contribution in [2.75, 3.05) is 6.61 Å². The average molecular weight is 318 g/mol. The highest BCUT2D eigenvalue weighted by Gasteiger charge is 2.47. The average Bonchev–Trinajstić information content (AvgIpc) is 2.34. The van der Waals surface area contributed by atoms with Gasteiger partial charge in [0.25, 0.3) is 0 Å². The number of carbonyl (C=O) groups excluding carboxylic acids is 3. The molecule has 124 valence electrons. The summed E-state index contributed by atoms with van der Waals surface area (Å²) in [6.07, 6.45) is -3.95. The van der Waals surface area contributed by atoms with Gasteiger partial charge in [-0.05, 0) is 0 Å². The zero-order chi connectivity index (χ0) is 16.9.